The van der Waals surface area contributed by atoms with Gasteiger partial charge in [0.15, 0.2) is 0 Å². The second-order valence-electron chi connectivity index (χ2n) is 6.99. The third-order valence-corrected chi connectivity index (χ3v) is 5.23. The minimum absolute atomic E-state index is 0.252. The molecule has 0 radical (unpaired) electrons. The quantitative estimate of drug-likeness (QED) is 0.667. The summed E-state index contributed by atoms with van der Waals surface area (Å²) < 4.78 is 13.1. The Morgan fingerprint density at radius 1 is 0.821 bits per heavy atom. The molecule has 0 amide bonds. The first-order chi connectivity index (χ1) is 13.6. The molecular formula is C22H22FN3O2. The van der Waals surface area contributed by atoms with E-state index in [-0.39, 0.29) is 5.82 Å². The molecule has 4 rings (SSSR count). The molecule has 1 heterocycles. The summed E-state index contributed by atoms with van der Waals surface area (Å²) in [6, 6.07) is 16.4. The zero-order chi connectivity index (χ0) is 19.5. The van der Waals surface area contributed by atoms with E-state index in [2.05, 4.69) is 10.2 Å². The summed E-state index contributed by atoms with van der Waals surface area (Å²) in [5.74, 6) is -0.252. The normalized spacial score (nSPS) is 14.5. The summed E-state index contributed by atoms with van der Waals surface area (Å²) in [6.07, 6.45) is 0.789. The van der Waals surface area contributed by atoms with Gasteiger partial charge in [0, 0.05) is 38.4 Å². The van der Waals surface area contributed by atoms with Gasteiger partial charge in [0.1, 0.15) is 17.2 Å². The zero-order valence-corrected chi connectivity index (χ0v) is 15.5. The molecule has 28 heavy (non-hydrogen) atoms. The fourth-order valence-corrected chi connectivity index (χ4v) is 3.66. The van der Waals surface area contributed by atoms with Crippen LogP contribution in [0.1, 0.15) is 5.56 Å². The van der Waals surface area contributed by atoms with E-state index in [9.17, 15) is 14.0 Å². The molecule has 3 aromatic rings. The molecule has 0 saturated carbocycles. The molecule has 3 aromatic carbocycles. The van der Waals surface area contributed by atoms with E-state index in [0.29, 0.717) is 44.1 Å². The summed E-state index contributed by atoms with van der Waals surface area (Å²) in [6.45, 7) is 3.34. The van der Waals surface area contributed by atoms with Gasteiger partial charge in [0.2, 0.25) is 0 Å². The zero-order valence-electron chi connectivity index (χ0n) is 15.5. The van der Waals surface area contributed by atoms with Gasteiger partial charge in [-0.15, -0.1) is 0 Å². The van der Waals surface area contributed by atoms with E-state index in [4.69, 9.17) is 0 Å². The van der Waals surface area contributed by atoms with Crippen molar-refractivity contribution >= 4 is 17.1 Å². The minimum Gasteiger partial charge on any atom is -0.380 e. The predicted octanol–water partition coefficient (Wildman–Crippen LogP) is 2.40. The van der Waals surface area contributed by atoms with Crippen molar-refractivity contribution in [2.24, 2.45) is 0 Å². The molecule has 1 fully saturated rings. The predicted molar refractivity (Wildman–Crippen MR) is 111 cm³/mol. The third-order valence-electron chi connectivity index (χ3n) is 5.23. The lowest BCUT2D eigenvalue weighted by Crippen LogP contribution is -2.51. The summed E-state index contributed by atoms with van der Waals surface area (Å²) >= 11 is 0. The second-order valence-corrected chi connectivity index (χ2v) is 6.99. The van der Waals surface area contributed by atoms with Gasteiger partial charge in [-0.05, 0) is 36.2 Å². The second kappa shape index (κ2) is 7.84. The van der Waals surface area contributed by atoms with Crippen LogP contribution in [0.15, 0.2) is 64.2 Å². The average molecular weight is 379 g/mol. The third kappa shape index (κ3) is 3.63. The highest BCUT2D eigenvalue weighted by atomic mass is 19.1. The molecule has 5 nitrogen and oxygen atoms in total. The molecule has 0 atom stereocenters. The topological polar surface area (TPSA) is 52.7 Å². The SMILES string of the molecule is O=c1c(NCCc2ccccc2)c(N2CCN(c3ccc(F)cc3)CC2)c1=O. The van der Waals surface area contributed by atoms with E-state index in [1.165, 1.54) is 17.7 Å². The van der Waals surface area contributed by atoms with Crippen LogP contribution in [0.3, 0.4) is 0 Å². The Labute approximate surface area is 162 Å². The highest BCUT2D eigenvalue weighted by molar-refractivity contribution is 5.75. The Bertz CT molecular complexity index is 1000. The Morgan fingerprint density at radius 3 is 2.14 bits per heavy atom. The number of piperazine rings is 1. The lowest BCUT2D eigenvalue weighted by molar-refractivity contribution is 0.624. The number of hydrogen-bond donors (Lipinski definition) is 1. The van der Waals surface area contributed by atoms with E-state index >= 15 is 0 Å². The summed E-state index contributed by atoms with van der Waals surface area (Å²) in [5, 5.41) is 3.16. The van der Waals surface area contributed by atoms with Gasteiger partial charge >= 0.3 is 0 Å². The highest BCUT2D eigenvalue weighted by Crippen LogP contribution is 2.24. The standard InChI is InChI=1S/C22H22FN3O2/c23-17-6-8-18(9-7-17)25-12-14-26(15-13-25)20-19(21(27)22(20)28)24-11-10-16-4-2-1-3-5-16/h1-9,24H,10-15H2. The Kier molecular flexibility index (Phi) is 5.10. The van der Waals surface area contributed by atoms with Gasteiger partial charge in [-0.1, -0.05) is 30.3 Å². The molecule has 0 aliphatic carbocycles. The van der Waals surface area contributed by atoms with Crippen LogP contribution in [0.2, 0.25) is 0 Å². The van der Waals surface area contributed by atoms with Crippen LogP contribution in [-0.4, -0.2) is 32.7 Å². The van der Waals surface area contributed by atoms with Crippen LogP contribution >= 0.6 is 0 Å². The van der Waals surface area contributed by atoms with Crippen molar-refractivity contribution < 1.29 is 4.39 Å². The van der Waals surface area contributed by atoms with E-state index < -0.39 is 10.9 Å². The summed E-state index contributed by atoms with van der Waals surface area (Å²) in [4.78, 5) is 28.3. The van der Waals surface area contributed by atoms with Crippen LogP contribution in [0.5, 0.6) is 0 Å². The van der Waals surface area contributed by atoms with Gasteiger partial charge in [-0.2, -0.15) is 0 Å². The molecule has 1 saturated heterocycles. The van der Waals surface area contributed by atoms with Gasteiger partial charge < -0.3 is 15.1 Å². The number of benzene rings is 2. The van der Waals surface area contributed by atoms with Crippen LogP contribution in [0, 0.1) is 5.82 Å². The number of halogens is 1. The molecule has 1 aliphatic rings. The van der Waals surface area contributed by atoms with Crippen molar-refractivity contribution in [1.82, 2.24) is 0 Å². The Morgan fingerprint density at radius 2 is 1.46 bits per heavy atom. The molecule has 0 spiro atoms. The van der Waals surface area contributed by atoms with Gasteiger partial charge in [0.05, 0.1) is 0 Å². The first kappa shape index (κ1) is 18.2. The van der Waals surface area contributed by atoms with Crippen molar-refractivity contribution in [3.63, 3.8) is 0 Å². The van der Waals surface area contributed by atoms with E-state index in [0.717, 1.165) is 12.1 Å². The Hall–Kier alpha value is -3.15. The van der Waals surface area contributed by atoms with Gasteiger partial charge in [0.25, 0.3) is 10.9 Å². The highest BCUT2D eigenvalue weighted by Gasteiger charge is 2.28. The minimum atomic E-state index is -0.427. The molecule has 6 heteroatoms. The molecular weight excluding hydrogens is 357 g/mol. The van der Waals surface area contributed by atoms with Crippen LogP contribution in [0.25, 0.3) is 0 Å². The summed E-state index contributed by atoms with van der Waals surface area (Å²) in [5.41, 5.74) is 2.27. The van der Waals surface area contributed by atoms with Crippen molar-refractivity contribution in [1.29, 1.82) is 0 Å². The lowest BCUT2D eigenvalue weighted by Gasteiger charge is -2.38. The first-order valence-corrected chi connectivity index (χ1v) is 9.50. The van der Waals surface area contributed by atoms with Crippen LogP contribution < -0.4 is 26.0 Å². The number of nitrogens with one attached hydrogen (secondary N) is 1. The molecule has 0 aromatic heterocycles. The van der Waals surface area contributed by atoms with Crippen LogP contribution in [0.4, 0.5) is 21.5 Å². The molecule has 1 aliphatic heterocycles. The van der Waals surface area contributed by atoms with Crippen molar-refractivity contribution in [3.8, 4) is 0 Å². The average Bonchev–Trinajstić information content (AvgIpc) is 2.74. The maximum Gasteiger partial charge on any atom is 0.253 e. The monoisotopic (exact) mass is 379 g/mol. The maximum atomic E-state index is 13.1. The fourth-order valence-electron chi connectivity index (χ4n) is 3.66. The van der Waals surface area contributed by atoms with Crippen molar-refractivity contribution in [3.05, 3.63) is 86.4 Å². The van der Waals surface area contributed by atoms with Gasteiger partial charge in [-0.25, -0.2) is 4.39 Å². The smallest absolute Gasteiger partial charge is 0.253 e. The number of rotatable bonds is 6. The summed E-state index contributed by atoms with van der Waals surface area (Å²) in [7, 11) is 0. The number of nitrogens with zero attached hydrogens (tertiary/aromatic N) is 2. The van der Waals surface area contributed by atoms with Crippen molar-refractivity contribution in [2.45, 2.75) is 6.42 Å². The lowest BCUT2D eigenvalue weighted by atomic mass is 10.1. The fraction of sp³-hybridized carbons (Fsp3) is 0.273. The molecule has 0 unspecified atom stereocenters. The van der Waals surface area contributed by atoms with Crippen molar-refractivity contribution in [2.75, 3.05) is 47.8 Å². The molecule has 1 N–H and O–H groups in total. The van der Waals surface area contributed by atoms with E-state index in [1.807, 2.05) is 35.2 Å². The number of hydrogen-bond acceptors (Lipinski definition) is 5. The van der Waals surface area contributed by atoms with E-state index in [1.54, 1.807) is 12.1 Å². The number of anilines is 3. The van der Waals surface area contributed by atoms with Crippen LogP contribution in [-0.2, 0) is 6.42 Å². The largest absolute Gasteiger partial charge is 0.380 e. The first-order valence-electron chi connectivity index (χ1n) is 9.50. The van der Waals surface area contributed by atoms with Gasteiger partial charge in [-0.3, -0.25) is 9.59 Å². The molecule has 0 bridgehead atoms. The Balaban J connectivity index is 1.37. The maximum absolute atomic E-state index is 13.1. The molecule has 144 valence electrons.